The van der Waals surface area contributed by atoms with Crippen LogP contribution in [-0.4, -0.2) is 25.1 Å². The van der Waals surface area contributed by atoms with Crippen LogP contribution in [0.15, 0.2) is 86.4 Å². The quantitative estimate of drug-likeness (QED) is 0.314. The van der Waals surface area contributed by atoms with Gasteiger partial charge in [-0.2, -0.15) is 4.98 Å². The van der Waals surface area contributed by atoms with Crippen molar-refractivity contribution in [1.82, 2.24) is 25.1 Å². The van der Waals surface area contributed by atoms with Gasteiger partial charge in [-0.25, -0.2) is 14.4 Å². The predicted molar refractivity (Wildman–Crippen MR) is 116 cm³/mol. The van der Waals surface area contributed by atoms with Crippen LogP contribution in [0.25, 0.3) is 22.8 Å². The van der Waals surface area contributed by atoms with Gasteiger partial charge in [0.05, 0.1) is 5.02 Å². The normalized spacial score (nSPS) is 11.1. The molecule has 0 aliphatic carbocycles. The first-order valence-electron chi connectivity index (χ1n) is 9.41. The summed E-state index contributed by atoms with van der Waals surface area (Å²) in [7, 11) is 0. The fraction of sp³-hybridized carbons (Fsp3) is 0.0455. The number of rotatable bonds is 6. The Kier molecular flexibility index (Phi) is 5.66. The van der Waals surface area contributed by atoms with Crippen LogP contribution in [0.4, 0.5) is 4.39 Å². The van der Waals surface area contributed by atoms with Gasteiger partial charge in [-0.05, 0) is 53.7 Å². The summed E-state index contributed by atoms with van der Waals surface area (Å²) in [4.78, 5) is 17.4. The van der Waals surface area contributed by atoms with E-state index in [1.807, 2.05) is 6.07 Å². The second kappa shape index (κ2) is 8.89. The van der Waals surface area contributed by atoms with Gasteiger partial charge in [0.2, 0.25) is 18.1 Å². The van der Waals surface area contributed by atoms with Gasteiger partial charge in [0, 0.05) is 24.4 Å². The predicted octanol–water partition coefficient (Wildman–Crippen LogP) is 5.72. The van der Waals surface area contributed by atoms with Crippen molar-refractivity contribution >= 4 is 23.4 Å². The number of aromatic nitrogens is 5. The number of halogens is 2. The minimum atomic E-state index is -0.292. The number of pyridine rings is 2. The zero-order chi connectivity index (χ0) is 21.9. The molecule has 1 aromatic carbocycles. The molecule has 10 heteroatoms. The number of hydrogen-bond donors (Lipinski definition) is 0. The van der Waals surface area contributed by atoms with Crippen LogP contribution in [0, 0.1) is 5.82 Å². The highest BCUT2D eigenvalue weighted by molar-refractivity contribution is 7.99. The SMILES string of the molecule is Fc1ccc(Cc2nc(-c3ccc(-c4ncon4)nc3)c(Sc3ccc(Cl)cn3)o2)cc1. The van der Waals surface area contributed by atoms with Crippen LogP contribution in [0.5, 0.6) is 0 Å². The first-order chi connectivity index (χ1) is 15.6. The van der Waals surface area contributed by atoms with E-state index in [0.29, 0.717) is 44.7 Å². The molecule has 0 aliphatic heterocycles. The Balaban J connectivity index is 1.49. The lowest BCUT2D eigenvalue weighted by molar-refractivity contribution is 0.418. The summed E-state index contributed by atoms with van der Waals surface area (Å²) in [6, 6.07) is 13.4. The second-order valence-corrected chi connectivity index (χ2v) is 8.08. The molecular formula is C22H13ClFN5O2S. The van der Waals surface area contributed by atoms with Gasteiger partial charge in [-0.15, -0.1) is 0 Å². The molecule has 0 unspecified atom stereocenters. The molecule has 0 saturated carbocycles. The van der Waals surface area contributed by atoms with Crippen molar-refractivity contribution in [3.63, 3.8) is 0 Å². The van der Waals surface area contributed by atoms with E-state index in [4.69, 9.17) is 20.5 Å². The summed E-state index contributed by atoms with van der Waals surface area (Å²) in [6.07, 6.45) is 4.90. The van der Waals surface area contributed by atoms with E-state index >= 15 is 0 Å². The lowest BCUT2D eigenvalue weighted by atomic mass is 10.1. The maximum Gasteiger partial charge on any atom is 0.220 e. The lowest BCUT2D eigenvalue weighted by Gasteiger charge is -2.01. The van der Waals surface area contributed by atoms with Crippen molar-refractivity contribution in [2.24, 2.45) is 0 Å². The third-order valence-electron chi connectivity index (χ3n) is 4.43. The topological polar surface area (TPSA) is 90.7 Å². The maximum atomic E-state index is 13.2. The summed E-state index contributed by atoms with van der Waals surface area (Å²) in [6.45, 7) is 0. The Labute approximate surface area is 190 Å². The van der Waals surface area contributed by atoms with Crippen LogP contribution in [-0.2, 0) is 6.42 Å². The maximum absolute atomic E-state index is 13.2. The summed E-state index contributed by atoms with van der Waals surface area (Å²) < 4.78 is 24.1. The average molecular weight is 466 g/mol. The molecule has 5 aromatic rings. The Morgan fingerprint density at radius 3 is 2.50 bits per heavy atom. The van der Waals surface area contributed by atoms with Crippen molar-refractivity contribution in [1.29, 1.82) is 0 Å². The molecule has 0 fully saturated rings. The van der Waals surface area contributed by atoms with E-state index in [-0.39, 0.29) is 5.82 Å². The van der Waals surface area contributed by atoms with Gasteiger partial charge in [-0.1, -0.05) is 28.9 Å². The summed E-state index contributed by atoms with van der Waals surface area (Å²) >= 11 is 7.27. The van der Waals surface area contributed by atoms with E-state index in [2.05, 4.69) is 25.1 Å². The molecular weight excluding hydrogens is 453 g/mol. The Hall–Kier alpha value is -3.56. The van der Waals surface area contributed by atoms with Crippen molar-refractivity contribution < 1.29 is 13.3 Å². The molecule has 158 valence electrons. The lowest BCUT2D eigenvalue weighted by Crippen LogP contribution is -1.90. The Morgan fingerprint density at radius 2 is 1.81 bits per heavy atom. The van der Waals surface area contributed by atoms with Crippen LogP contribution in [0.2, 0.25) is 5.02 Å². The highest BCUT2D eigenvalue weighted by Gasteiger charge is 2.18. The molecule has 0 atom stereocenters. The highest BCUT2D eigenvalue weighted by Crippen LogP contribution is 2.36. The minimum absolute atomic E-state index is 0.292. The highest BCUT2D eigenvalue weighted by atomic mass is 35.5. The van der Waals surface area contributed by atoms with E-state index in [1.165, 1.54) is 30.3 Å². The van der Waals surface area contributed by atoms with Crippen LogP contribution in [0.1, 0.15) is 11.5 Å². The van der Waals surface area contributed by atoms with Gasteiger partial charge >= 0.3 is 0 Å². The van der Waals surface area contributed by atoms with Crippen LogP contribution in [0.3, 0.4) is 0 Å². The summed E-state index contributed by atoms with van der Waals surface area (Å²) in [5, 5.41) is 5.61. The van der Waals surface area contributed by atoms with E-state index < -0.39 is 0 Å². The van der Waals surface area contributed by atoms with E-state index in [9.17, 15) is 4.39 Å². The molecule has 0 radical (unpaired) electrons. The molecule has 0 spiro atoms. The molecule has 7 nitrogen and oxygen atoms in total. The first-order valence-corrected chi connectivity index (χ1v) is 10.6. The molecule has 0 aliphatic rings. The van der Waals surface area contributed by atoms with Crippen molar-refractivity contribution in [2.75, 3.05) is 0 Å². The third-order valence-corrected chi connectivity index (χ3v) is 5.57. The molecule has 32 heavy (non-hydrogen) atoms. The molecule has 4 heterocycles. The zero-order valence-corrected chi connectivity index (χ0v) is 17.8. The molecule has 5 rings (SSSR count). The van der Waals surface area contributed by atoms with Crippen LogP contribution < -0.4 is 0 Å². The van der Waals surface area contributed by atoms with E-state index in [0.717, 1.165) is 11.1 Å². The molecule has 0 N–H and O–H groups in total. The molecule has 0 bridgehead atoms. The van der Waals surface area contributed by atoms with Gasteiger partial charge in [-0.3, -0.25) is 4.98 Å². The summed E-state index contributed by atoms with van der Waals surface area (Å²) in [5.74, 6) is 0.596. The zero-order valence-electron chi connectivity index (χ0n) is 16.3. The number of nitrogens with zero attached hydrogens (tertiary/aromatic N) is 5. The van der Waals surface area contributed by atoms with Crippen molar-refractivity contribution in [2.45, 2.75) is 16.5 Å². The molecule has 0 amide bonds. The van der Waals surface area contributed by atoms with Crippen molar-refractivity contribution in [3.05, 3.63) is 89.6 Å². The number of benzene rings is 1. The minimum Gasteiger partial charge on any atom is -0.433 e. The smallest absolute Gasteiger partial charge is 0.220 e. The van der Waals surface area contributed by atoms with Crippen molar-refractivity contribution in [3.8, 4) is 22.8 Å². The first kappa shape index (κ1) is 20.3. The average Bonchev–Trinajstić information content (AvgIpc) is 3.48. The molecule has 4 aromatic heterocycles. The molecule has 0 saturated heterocycles. The Morgan fingerprint density at radius 1 is 0.938 bits per heavy atom. The van der Waals surface area contributed by atoms with Gasteiger partial charge in [0.25, 0.3) is 0 Å². The third kappa shape index (κ3) is 4.53. The van der Waals surface area contributed by atoms with E-state index in [1.54, 1.807) is 42.7 Å². The second-order valence-electron chi connectivity index (χ2n) is 6.65. The monoisotopic (exact) mass is 465 g/mol. The van der Waals surface area contributed by atoms with Gasteiger partial charge in [0.15, 0.2) is 5.09 Å². The Bertz CT molecular complexity index is 1320. The van der Waals surface area contributed by atoms with Gasteiger partial charge < -0.3 is 8.94 Å². The fourth-order valence-corrected chi connectivity index (χ4v) is 3.86. The number of hydrogen-bond acceptors (Lipinski definition) is 8. The van der Waals surface area contributed by atoms with Crippen LogP contribution >= 0.6 is 23.4 Å². The number of oxazole rings is 1. The standard InChI is InChI=1S/C22H13ClFN5O2S/c23-15-4-8-19(26-11-15)32-22-20(14-3-7-17(25-10-14)21-27-12-30-29-21)28-18(31-22)9-13-1-5-16(24)6-2-13/h1-8,10-12H,9H2. The summed E-state index contributed by atoms with van der Waals surface area (Å²) in [5.41, 5.74) is 2.83. The largest absolute Gasteiger partial charge is 0.433 e. The van der Waals surface area contributed by atoms with Gasteiger partial charge in [0.1, 0.15) is 22.2 Å². The fourth-order valence-electron chi connectivity index (χ4n) is 2.92.